The SMILES string of the molecule is O=C(NC(C(=O)O)c1ccccc1)c1c(Cc2cccnc2)c(-c2ccccc2)nc2ccccc12. The van der Waals surface area contributed by atoms with Gasteiger partial charge >= 0.3 is 5.97 Å². The molecular weight excluding hydrogens is 450 g/mol. The summed E-state index contributed by atoms with van der Waals surface area (Å²) in [5.74, 6) is -1.61. The van der Waals surface area contributed by atoms with Gasteiger partial charge in [0, 0.05) is 29.8 Å². The molecule has 5 rings (SSSR count). The van der Waals surface area contributed by atoms with Gasteiger partial charge in [-0.25, -0.2) is 9.78 Å². The van der Waals surface area contributed by atoms with Gasteiger partial charge in [0.25, 0.3) is 5.91 Å². The summed E-state index contributed by atoms with van der Waals surface area (Å²) >= 11 is 0. The predicted octanol–water partition coefficient (Wildman–Crippen LogP) is 5.44. The lowest BCUT2D eigenvalue weighted by atomic mass is 9.91. The molecule has 2 N–H and O–H groups in total. The van der Waals surface area contributed by atoms with Crippen molar-refractivity contribution in [1.82, 2.24) is 15.3 Å². The van der Waals surface area contributed by atoms with E-state index in [1.165, 1.54) is 0 Å². The van der Waals surface area contributed by atoms with Crippen LogP contribution >= 0.6 is 0 Å². The summed E-state index contributed by atoms with van der Waals surface area (Å²) in [5.41, 5.74) is 4.73. The number of nitrogens with zero attached hydrogens (tertiary/aromatic N) is 2. The molecule has 0 spiro atoms. The Morgan fingerprint density at radius 3 is 2.22 bits per heavy atom. The third kappa shape index (κ3) is 4.70. The molecular formula is C30H23N3O3. The fourth-order valence-electron chi connectivity index (χ4n) is 4.36. The van der Waals surface area contributed by atoms with Crippen LogP contribution < -0.4 is 5.32 Å². The molecule has 0 bridgehead atoms. The molecule has 36 heavy (non-hydrogen) atoms. The number of para-hydroxylation sites is 1. The molecule has 6 heteroatoms. The van der Waals surface area contributed by atoms with Gasteiger partial charge in [-0.05, 0) is 28.8 Å². The van der Waals surface area contributed by atoms with E-state index in [1.807, 2.05) is 66.7 Å². The molecule has 2 heterocycles. The second-order valence-electron chi connectivity index (χ2n) is 8.39. The highest BCUT2D eigenvalue weighted by atomic mass is 16.4. The topological polar surface area (TPSA) is 92.2 Å². The van der Waals surface area contributed by atoms with Crippen molar-refractivity contribution < 1.29 is 14.7 Å². The maximum Gasteiger partial charge on any atom is 0.330 e. The van der Waals surface area contributed by atoms with Gasteiger partial charge in [-0.3, -0.25) is 9.78 Å². The van der Waals surface area contributed by atoms with Crippen LogP contribution in [0.5, 0.6) is 0 Å². The van der Waals surface area contributed by atoms with Crippen molar-refractivity contribution in [2.45, 2.75) is 12.5 Å². The van der Waals surface area contributed by atoms with Crippen LogP contribution in [0.25, 0.3) is 22.2 Å². The van der Waals surface area contributed by atoms with Crippen LogP contribution in [0.4, 0.5) is 0 Å². The molecule has 1 atom stereocenters. The molecule has 1 amide bonds. The molecule has 2 aromatic heterocycles. The second-order valence-corrected chi connectivity index (χ2v) is 8.39. The molecule has 0 fully saturated rings. The molecule has 0 radical (unpaired) electrons. The molecule has 3 aromatic carbocycles. The lowest BCUT2D eigenvalue weighted by Gasteiger charge is -2.20. The summed E-state index contributed by atoms with van der Waals surface area (Å²) < 4.78 is 0. The van der Waals surface area contributed by atoms with E-state index in [9.17, 15) is 14.7 Å². The average molecular weight is 474 g/mol. The number of nitrogens with one attached hydrogen (secondary N) is 1. The van der Waals surface area contributed by atoms with E-state index in [4.69, 9.17) is 4.98 Å². The standard InChI is InChI=1S/C30H23N3O3/c34-29(33-28(30(35)36)22-13-5-2-6-14-22)26-23-15-7-8-16-25(23)32-27(21-11-3-1-4-12-21)24(26)18-20-10-9-17-31-19-20/h1-17,19,28H,18H2,(H,33,34)(H,35,36). The third-order valence-corrected chi connectivity index (χ3v) is 6.03. The van der Waals surface area contributed by atoms with Crippen molar-refractivity contribution in [1.29, 1.82) is 0 Å². The number of rotatable bonds is 7. The average Bonchev–Trinajstić information content (AvgIpc) is 2.92. The number of carboxylic acids is 1. The number of carboxylic acid groups (broad SMARTS) is 1. The molecule has 0 saturated carbocycles. The van der Waals surface area contributed by atoms with Gasteiger partial charge in [0.1, 0.15) is 0 Å². The van der Waals surface area contributed by atoms with Gasteiger partial charge in [-0.2, -0.15) is 0 Å². The number of carbonyl (C=O) groups is 2. The van der Waals surface area contributed by atoms with Crippen molar-refractivity contribution >= 4 is 22.8 Å². The number of hydrogen-bond acceptors (Lipinski definition) is 4. The Kier molecular flexibility index (Phi) is 6.49. The van der Waals surface area contributed by atoms with Gasteiger partial charge in [0.2, 0.25) is 0 Å². The number of fused-ring (bicyclic) bond motifs is 1. The smallest absolute Gasteiger partial charge is 0.330 e. The minimum Gasteiger partial charge on any atom is -0.479 e. The van der Waals surface area contributed by atoms with Crippen LogP contribution in [-0.2, 0) is 11.2 Å². The minimum absolute atomic E-state index is 0.404. The first-order chi connectivity index (χ1) is 17.6. The van der Waals surface area contributed by atoms with E-state index in [0.29, 0.717) is 39.7 Å². The highest BCUT2D eigenvalue weighted by Crippen LogP contribution is 2.32. The lowest BCUT2D eigenvalue weighted by molar-refractivity contribution is -0.139. The fourth-order valence-corrected chi connectivity index (χ4v) is 4.36. The van der Waals surface area contributed by atoms with E-state index in [1.54, 1.807) is 42.7 Å². The zero-order valence-corrected chi connectivity index (χ0v) is 19.3. The quantitative estimate of drug-likeness (QED) is 0.328. The third-order valence-electron chi connectivity index (χ3n) is 6.03. The molecule has 6 nitrogen and oxygen atoms in total. The van der Waals surface area contributed by atoms with Gasteiger partial charge in [-0.1, -0.05) is 84.9 Å². The Morgan fingerprint density at radius 2 is 1.53 bits per heavy atom. The van der Waals surface area contributed by atoms with E-state index in [2.05, 4.69) is 10.3 Å². The maximum absolute atomic E-state index is 13.9. The highest BCUT2D eigenvalue weighted by Gasteiger charge is 2.27. The summed E-state index contributed by atoms with van der Waals surface area (Å²) in [6.45, 7) is 0. The van der Waals surface area contributed by atoms with Crippen LogP contribution in [0.15, 0.2) is 109 Å². The Morgan fingerprint density at radius 1 is 0.833 bits per heavy atom. The summed E-state index contributed by atoms with van der Waals surface area (Å²) in [4.78, 5) is 35.3. The number of amides is 1. The fraction of sp³-hybridized carbons (Fsp3) is 0.0667. The normalized spacial score (nSPS) is 11.7. The number of aromatic nitrogens is 2. The summed E-state index contributed by atoms with van der Waals surface area (Å²) in [7, 11) is 0. The van der Waals surface area contributed by atoms with Crippen LogP contribution in [0.2, 0.25) is 0 Å². The van der Waals surface area contributed by atoms with Crippen molar-refractivity contribution in [3.05, 3.63) is 132 Å². The van der Waals surface area contributed by atoms with Crippen molar-refractivity contribution in [2.75, 3.05) is 0 Å². The zero-order valence-electron chi connectivity index (χ0n) is 19.3. The van der Waals surface area contributed by atoms with E-state index in [0.717, 1.165) is 11.1 Å². The Bertz CT molecular complexity index is 1520. The van der Waals surface area contributed by atoms with Gasteiger partial charge in [0.05, 0.1) is 16.8 Å². The number of aliphatic carboxylic acids is 1. The molecule has 0 aliphatic carbocycles. The summed E-state index contributed by atoms with van der Waals surface area (Å²) in [5, 5.41) is 13.4. The molecule has 5 aromatic rings. The van der Waals surface area contributed by atoms with E-state index >= 15 is 0 Å². The van der Waals surface area contributed by atoms with Crippen LogP contribution in [0.1, 0.15) is 33.1 Å². The molecule has 0 aliphatic heterocycles. The van der Waals surface area contributed by atoms with Crippen LogP contribution in [0.3, 0.4) is 0 Å². The molecule has 0 aliphatic rings. The minimum atomic E-state index is -1.20. The van der Waals surface area contributed by atoms with Crippen molar-refractivity contribution in [2.24, 2.45) is 0 Å². The zero-order chi connectivity index (χ0) is 24.9. The number of pyridine rings is 2. The predicted molar refractivity (Wildman–Crippen MR) is 139 cm³/mol. The van der Waals surface area contributed by atoms with Gasteiger partial charge in [0.15, 0.2) is 6.04 Å². The van der Waals surface area contributed by atoms with Gasteiger partial charge < -0.3 is 10.4 Å². The molecule has 176 valence electrons. The number of carbonyl (C=O) groups excluding carboxylic acids is 1. The van der Waals surface area contributed by atoms with Gasteiger partial charge in [-0.15, -0.1) is 0 Å². The Balaban J connectivity index is 1.71. The Hall–Kier alpha value is -4.84. The number of hydrogen-bond donors (Lipinski definition) is 2. The van der Waals surface area contributed by atoms with E-state index < -0.39 is 17.9 Å². The monoisotopic (exact) mass is 473 g/mol. The summed E-state index contributed by atoms with van der Waals surface area (Å²) in [6, 6.07) is 28.4. The first-order valence-corrected chi connectivity index (χ1v) is 11.6. The second kappa shape index (κ2) is 10.2. The largest absolute Gasteiger partial charge is 0.479 e. The lowest BCUT2D eigenvalue weighted by Crippen LogP contribution is -2.34. The first-order valence-electron chi connectivity index (χ1n) is 11.6. The van der Waals surface area contributed by atoms with E-state index in [-0.39, 0.29) is 0 Å². The highest BCUT2D eigenvalue weighted by molar-refractivity contribution is 6.10. The van der Waals surface area contributed by atoms with Crippen LogP contribution in [0, 0.1) is 0 Å². The van der Waals surface area contributed by atoms with Crippen molar-refractivity contribution in [3.63, 3.8) is 0 Å². The molecule has 0 saturated heterocycles. The van der Waals surface area contributed by atoms with Crippen molar-refractivity contribution in [3.8, 4) is 11.3 Å². The first kappa shape index (κ1) is 22.9. The maximum atomic E-state index is 13.9. The van der Waals surface area contributed by atoms with Crippen LogP contribution in [-0.4, -0.2) is 27.0 Å². The number of benzene rings is 3. The summed E-state index contributed by atoms with van der Waals surface area (Å²) in [6.07, 6.45) is 3.86. The Labute approximate surface area is 208 Å². The molecule has 1 unspecified atom stereocenters.